The van der Waals surface area contributed by atoms with Crippen LogP contribution >= 0.6 is 0 Å². The van der Waals surface area contributed by atoms with Crippen molar-refractivity contribution in [2.45, 2.75) is 32.7 Å². The molecule has 0 atom stereocenters. The van der Waals surface area contributed by atoms with Crippen LogP contribution in [0.2, 0.25) is 0 Å². The number of hydrogen-bond acceptors (Lipinski definition) is 5. The topological polar surface area (TPSA) is 110 Å². The molecule has 0 unspecified atom stereocenters. The third kappa shape index (κ3) is 3.65. The number of rotatable bonds is 6. The smallest absolute Gasteiger partial charge is 0.294 e. The second-order valence-corrected chi connectivity index (χ2v) is 4.12. The molecule has 7 nitrogen and oxygen atoms in total. The molecule has 0 heterocycles. The minimum Gasteiger partial charge on any atom is -0.349 e. The Morgan fingerprint density at radius 3 is 2.53 bits per heavy atom. The summed E-state index contributed by atoms with van der Waals surface area (Å²) < 4.78 is 0. The maximum atomic E-state index is 12.0. The zero-order valence-electron chi connectivity index (χ0n) is 11.0. The van der Waals surface area contributed by atoms with Gasteiger partial charge in [-0.05, 0) is 25.0 Å². The first-order valence-electron chi connectivity index (χ1n) is 6.09. The molecule has 4 N–H and O–H groups in total. The van der Waals surface area contributed by atoms with E-state index in [-0.39, 0.29) is 28.9 Å². The Balaban J connectivity index is 2.98. The Hall–Kier alpha value is -2.15. The van der Waals surface area contributed by atoms with Gasteiger partial charge in [-0.3, -0.25) is 20.8 Å². The molecule has 0 radical (unpaired) electrons. The largest absolute Gasteiger partial charge is 0.349 e. The van der Waals surface area contributed by atoms with E-state index in [0.717, 1.165) is 12.8 Å². The van der Waals surface area contributed by atoms with Crippen molar-refractivity contribution in [2.75, 3.05) is 5.43 Å². The molecular formula is C12H18N4O3. The molecule has 19 heavy (non-hydrogen) atoms. The van der Waals surface area contributed by atoms with Crippen LogP contribution in [0.1, 0.15) is 37.0 Å². The molecular weight excluding hydrogens is 248 g/mol. The van der Waals surface area contributed by atoms with Crippen molar-refractivity contribution in [3.63, 3.8) is 0 Å². The van der Waals surface area contributed by atoms with Gasteiger partial charge in [0.15, 0.2) is 0 Å². The Bertz CT molecular complexity index is 472. The molecule has 0 aliphatic carbocycles. The molecule has 1 aromatic rings. The fraction of sp³-hybridized carbons (Fsp3) is 0.417. The normalized spacial score (nSPS) is 10.3. The highest BCUT2D eigenvalue weighted by molar-refractivity contribution is 5.95. The van der Waals surface area contributed by atoms with Crippen LogP contribution < -0.4 is 16.6 Å². The lowest BCUT2D eigenvalue weighted by atomic mass is 10.1. The lowest BCUT2D eigenvalue weighted by molar-refractivity contribution is -0.384. The van der Waals surface area contributed by atoms with Gasteiger partial charge >= 0.3 is 0 Å². The SMILES string of the molecule is CCC(CC)NC(=O)c1ccc(NN)c([N+](=O)[O-])c1. The number of carbonyl (C=O) groups is 1. The molecule has 0 aliphatic rings. The molecule has 0 aromatic heterocycles. The van der Waals surface area contributed by atoms with Crippen LogP contribution in [0.25, 0.3) is 0 Å². The molecule has 0 saturated heterocycles. The average Bonchev–Trinajstić information content (AvgIpc) is 2.43. The van der Waals surface area contributed by atoms with E-state index in [1.165, 1.54) is 18.2 Å². The van der Waals surface area contributed by atoms with Crippen molar-refractivity contribution in [3.8, 4) is 0 Å². The van der Waals surface area contributed by atoms with Gasteiger partial charge in [0.05, 0.1) is 4.92 Å². The van der Waals surface area contributed by atoms with Gasteiger partial charge in [0.1, 0.15) is 5.69 Å². The summed E-state index contributed by atoms with van der Waals surface area (Å²) in [4.78, 5) is 22.3. The molecule has 0 bridgehead atoms. The molecule has 7 heteroatoms. The monoisotopic (exact) mass is 266 g/mol. The van der Waals surface area contributed by atoms with E-state index in [0.29, 0.717) is 0 Å². The first-order chi connectivity index (χ1) is 9.03. The van der Waals surface area contributed by atoms with Gasteiger partial charge in [-0.15, -0.1) is 0 Å². The Morgan fingerprint density at radius 2 is 2.05 bits per heavy atom. The predicted octanol–water partition coefficient (Wildman–Crippen LogP) is 1.80. The van der Waals surface area contributed by atoms with Crippen molar-refractivity contribution < 1.29 is 9.72 Å². The summed E-state index contributed by atoms with van der Waals surface area (Å²) in [6.07, 6.45) is 1.62. The van der Waals surface area contributed by atoms with Gasteiger partial charge in [0, 0.05) is 17.7 Å². The standard InChI is InChI=1S/C12H18N4O3/c1-3-9(4-2)14-12(17)8-5-6-10(15-13)11(7-8)16(18)19/h5-7,9,15H,3-4,13H2,1-2H3,(H,14,17). The number of nitro benzene ring substituents is 1. The van der Waals surface area contributed by atoms with E-state index < -0.39 is 4.92 Å². The van der Waals surface area contributed by atoms with Crippen molar-refractivity contribution in [3.05, 3.63) is 33.9 Å². The number of hydrazine groups is 1. The van der Waals surface area contributed by atoms with Crippen LogP contribution in [0.15, 0.2) is 18.2 Å². The summed E-state index contributed by atoms with van der Waals surface area (Å²) in [7, 11) is 0. The number of anilines is 1. The lowest BCUT2D eigenvalue weighted by Crippen LogP contribution is -2.33. The zero-order valence-corrected chi connectivity index (χ0v) is 11.0. The second kappa shape index (κ2) is 6.69. The fourth-order valence-electron chi connectivity index (χ4n) is 1.71. The minimum atomic E-state index is -0.580. The van der Waals surface area contributed by atoms with Crippen LogP contribution in [-0.2, 0) is 0 Å². The highest BCUT2D eigenvalue weighted by Crippen LogP contribution is 2.24. The predicted molar refractivity (Wildman–Crippen MR) is 72.7 cm³/mol. The summed E-state index contributed by atoms with van der Waals surface area (Å²) in [5.41, 5.74) is 2.43. The van der Waals surface area contributed by atoms with Gasteiger partial charge in [0.2, 0.25) is 0 Å². The highest BCUT2D eigenvalue weighted by Gasteiger charge is 2.18. The Morgan fingerprint density at radius 1 is 1.42 bits per heavy atom. The Kier molecular flexibility index (Phi) is 5.25. The molecule has 1 amide bonds. The first-order valence-corrected chi connectivity index (χ1v) is 6.09. The summed E-state index contributed by atoms with van der Waals surface area (Å²) in [5, 5.41) is 13.7. The van der Waals surface area contributed by atoms with E-state index in [2.05, 4.69) is 10.7 Å². The number of benzene rings is 1. The van der Waals surface area contributed by atoms with Crippen LogP contribution in [0, 0.1) is 10.1 Å². The van der Waals surface area contributed by atoms with Gasteiger partial charge in [-0.25, -0.2) is 0 Å². The molecule has 104 valence electrons. The maximum absolute atomic E-state index is 12.0. The lowest BCUT2D eigenvalue weighted by Gasteiger charge is -2.14. The number of nitrogens with one attached hydrogen (secondary N) is 2. The van der Waals surface area contributed by atoms with E-state index in [9.17, 15) is 14.9 Å². The first kappa shape index (κ1) is 14.9. The minimum absolute atomic E-state index is 0.0684. The zero-order chi connectivity index (χ0) is 14.4. The number of nitrogen functional groups attached to an aromatic ring is 1. The number of nitrogens with zero attached hydrogens (tertiary/aromatic N) is 1. The number of nitro groups is 1. The quantitative estimate of drug-likeness (QED) is 0.413. The van der Waals surface area contributed by atoms with Crippen molar-refractivity contribution in [1.82, 2.24) is 5.32 Å². The number of hydrogen-bond donors (Lipinski definition) is 3. The number of carbonyl (C=O) groups excluding carboxylic acids is 1. The molecule has 0 saturated carbocycles. The summed E-state index contributed by atoms with van der Waals surface area (Å²) in [6, 6.07) is 4.20. The second-order valence-electron chi connectivity index (χ2n) is 4.12. The molecule has 1 aromatic carbocycles. The molecule has 0 aliphatic heterocycles. The van der Waals surface area contributed by atoms with Crippen molar-refractivity contribution in [1.29, 1.82) is 0 Å². The highest BCUT2D eigenvalue weighted by atomic mass is 16.6. The van der Waals surface area contributed by atoms with Crippen LogP contribution in [0.5, 0.6) is 0 Å². The van der Waals surface area contributed by atoms with Crippen LogP contribution in [0.3, 0.4) is 0 Å². The average molecular weight is 266 g/mol. The van der Waals surface area contributed by atoms with Crippen molar-refractivity contribution in [2.24, 2.45) is 5.84 Å². The molecule has 1 rings (SSSR count). The Labute approximate surface area is 111 Å². The molecule has 0 spiro atoms. The number of nitrogens with two attached hydrogens (primary N) is 1. The summed E-state index contributed by atoms with van der Waals surface area (Å²) >= 11 is 0. The van der Waals surface area contributed by atoms with E-state index in [1.807, 2.05) is 13.8 Å². The summed E-state index contributed by atoms with van der Waals surface area (Å²) in [6.45, 7) is 3.94. The number of amides is 1. The van der Waals surface area contributed by atoms with E-state index in [1.54, 1.807) is 0 Å². The van der Waals surface area contributed by atoms with Gasteiger partial charge in [-0.1, -0.05) is 13.8 Å². The van der Waals surface area contributed by atoms with E-state index in [4.69, 9.17) is 5.84 Å². The van der Waals surface area contributed by atoms with E-state index >= 15 is 0 Å². The van der Waals surface area contributed by atoms with Crippen LogP contribution in [0.4, 0.5) is 11.4 Å². The van der Waals surface area contributed by atoms with Crippen LogP contribution in [-0.4, -0.2) is 16.9 Å². The fourth-order valence-corrected chi connectivity index (χ4v) is 1.71. The van der Waals surface area contributed by atoms with Gasteiger partial charge in [0.25, 0.3) is 11.6 Å². The van der Waals surface area contributed by atoms with Gasteiger partial charge in [-0.2, -0.15) is 0 Å². The maximum Gasteiger partial charge on any atom is 0.294 e. The summed E-state index contributed by atoms with van der Waals surface area (Å²) in [5.74, 6) is 4.86. The third-order valence-corrected chi connectivity index (χ3v) is 2.93. The van der Waals surface area contributed by atoms with Gasteiger partial charge < -0.3 is 10.7 Å². The molecule has 0 fully saturated rings. The third-order valence-electron chi connectivity index (χ3n) is 2.93. The van der Waals surface area contributed by atoms with Crippen molar-refractivity contribution >= 4 is 17.3 Å².